The molecule has 4 heteroatoms. The van der Waals surface area contributed by atoms with Crippen LogP contribution < -0.4 is 11.1 Å². The van der Waals surface area contributed by atoms with Gasteiger partial charge in [0.25, 0.3) is 0 Å². The monoisotopic (exact) mass is 252 g/mol. The molecule has 0 unspecified atom stereocenters. The predicted molar refractivity (Wildman–Crippen MR) is 72.4 cm³/mol. The highest BCUT2D eigenvalue weighted by atomic mass is 35.5. The molecule has 0 amide bonds. The molecule has 0 aliphatic carbocycles. The summed E-state index contributed by atoms with van der Waals surface area (Å²) in [6, 6.07) is 7.76. The van der Waals surface area contributed by atoms with E-state index in [0.717, 1.165) is 18.7 Å². The number of halogens is 1. The van der Waals surface area contributed by atoms with E-state index in [0.29, 0.717) is 10.7 Å². The van der Waals surface area contributed by atoms with Gasteiger partial charge in [0.05, 0.1) is 16.4 Å². The van der Waals surface area contributed by atoms with Crippen molar-refractivity contribution in [3.63, 3.8) is 0 Å². The van der Waals surface area contributed by atoms with Crippen molar-refractivity contribution in [2.75, 3.05) is 17.6 Å². The van der Waals surface area contributed by atoms with Crippen LogP contribution in [0.1, 0.15) is 5.56 Å². The lowest BCUT2D eigenvalue weighted by Crippen LogP contribution is -2.06. The van der Waals surface area contributed by atoms with Crippen LogP contribution in [0, 0.1) is 0 Å². The van der Waals surface area contributed by atoms with E-state index in [1.807, 2.05) is 12.1 Å². The summed E-state index contributed by atoms with van der Waals surface area (Å²) in [4.78, 5) is 0. The van der Waals surface area contributed by atoms with Crippen LogP contribution in [0.15, 0.2) is 35.0 Å². The third-order valence-electron chi connectivity index (χ3n) is 2.36. The van der Waals surface area contributed by atoms with Crippen LogP contribution in [0.3, 0.4) is 0 Å². The molecule has 0 aliphatic heterocycles. The third kappa shape index (κ3) is 2.68. The van der Waals surface area contributed by atoms with Gasteiger partial charge >= 0.3 is 0 Å². The molecule has 0 aliphatic rings. The molecule has 1 heterocycles. The number of rotatable bonds is 4. The average molecular weight is 253 g/mol. The Hall–Kier alpha value is -1.19. The fraction of sp³-hybridized carbons (Fsp3) is 0.167. The van der Waals surface area contributed by atoms with Gasteiger partial charge in [-0.3, -0.25) is 0 Å². The number of nitrogens with two attached hydrogens (primary N) is 1. The van der Waals surface area contributed by atoms with Gasteiger partial charge in [-0.15, -0.1) is 0 Å². The summed E-state index contributed by atoms with van der Waals surface area (Å²) < 4.78 is 0. The number of hydrogen-bond donors (Lipinski definition) is 2. The van der Waals surface area contributed by atoms with Crippen molar-refractivity contribution < 1.29 is 0 Å². The topological polar surface area (TPSA) is 38.0 Å². The molecule has 0 atom stereocenters. The summed E-state index contributed by atoms with van der Waals surface area (Å²) in [6.07, 6.45) is 0.995. The molecular weight excluding hydrogens is 240 g/mol. The fourth-order valence-electron chi connectivity index (χ4n) is 1.47. The smallest absolute Gasteiger partial charge is 0.0739 e. The first-order valence-electron chi connectivity index (χ1n) is 5.06. The molecule has 1 aromatic carbocycles. The Bertz CT molecular complexity index is 454. The zero-order chi connectivity index (χ0) is 11.4. The van der Waals surface area contributed by atoms with Crippen molar-refractivity contribution in [3.8, 4) is 0 Å². The van der Waals surface area contributed by atoms with Gasteiger partial charge in [-0.05, 0) is 40.9 Å². The number of para-hydroxylation sites is 1. The molecular formula is C12H13ClN2S. The zero-order valence-electron chi connectivity index (χ0n) is 8.74. The molecule has 2 nitrogen and oxygen atoms in total. The summed E-state index contributed by atoms with van der Waals surface area (Å²) >= 11 is 7.65. The number of hydrogen-bond acceptors (Lipinski definition) is 3. The molecule has 16 heavy (non-hydrogen) atoms. The third-order valence-corrected chi connectivity index (χ3v) is 3.42. The molecule has 3 N–H and O–H groups in total. The van der Waals surface area contributed by atoms with Gasteiger partial charge in [0.1, 0.15) is 0 Å². The Morgan fingerprint density at radius 3 is 2.94 bits per heavy atom. The van der Waals surface area contributed by atoms with Crippen LogP contribution >= 0.6 is 22.9 Å². The van der Waals surface area contributed by atoms with E-state index in [4.69, 9.17) is 17.3 Å². The predicted octanol–water partition coefficient (Wildman–Crippen LogP) is 3.64. The van der Waals surface area contributed by atoms with Gasteiger partial charge in [-0.25, -0.2) is 0 Å². The first-order valence-corrected chi connectivity index (χ1v) is 6.38. The van der Waals surface area contributed by atoms with Gasteiger partial charge in [0, 0.05) is 6.54 Å². The highest BCUT2D eigenvalue weighted by molar-refractivity contribution is 7.07. The number of thiophene rings is 1. The van der Waals surface area contributed by atoms with Crippen LogP contribution in [0.5, 0.6) is 0 Å². The zero-order valence-corrected chi connectivity index (χ0v) is 10.3. The van der Waals surface area contributed by atoms with E-state index in [9.17, 15) is 0 Å². The minimum Gasteiger partial charge on any atom is -0.396 e. The molecule has 0 saturated carbocycles. The Morgan fingerprint density at radius 1 is 1.31 bits per heavy atom. The summed E-state index contributed by atoms with van der Waals surface area (Å²) in [7, 11) is 0. The Morgan fingerprint density at radius 2 is 2.19 bits per heavy atom. The quantitative estimate of drug-likeness (QED) is 0.816. The van der Waals surface area contributed by atoms with Gasteiger partial charge in [-0.1, -0.05) is 17.7 Å². The second-order valence-electron chi connectivity index (χ2n) is 3.51. The molecule has 2 aromatic rings. The lowest BCUT2D eigenvalue weighted by atomic mass is 10.2. The van der Waals surface area contributed by atoms with E-state index in [1.54, 1.807) is 17.4 Å². The molecule has 0 fully saturated rings. The van der Waals surface area contributed by atoms with Crippen LogP contribution in [-0.2, 0) is 6.42 Å². The maximum absolute atomic E-state index is 5.93. The molecule has 0 spiro atoms. The van der Waals surface area contributed by atoms with Gasteiger partial charge < -0.3 is 11.1 Å². The summed E-state index contributed by atoms with van der Waals surface area (Å²) in [5.74, 6) is 0. The van der Waals surface area contributed by atoms with E-state index >= 15 is 0 Å². The molecule has 0 radical (unpaired) electrons. The van der Waals surface area contributed by atoms with Gasteiger partial charge in [0.15, 0.2) is 0 Å². The maximum atomic E-state index is 5.93. The lowest BCUT2D eigenvalue weighted by molar-refractivity contribution is 1.03. The first-order chi connectivity index (χ1) is 7.77. The molecule has 84 valence electrons. The van der Waals surface area contributed by atoms with Crippen LogP contribution in [0.2, 0.25) is 5.02 Å². The van der Waals surface area contributed by atoms with Crippen molar-refractivity contribution >= 4 is 34.3 Å². The van der Waals surface area contributed by atoms with Gasteiger partial charge in [-0.2, -0.15) is 11.3 Å². The maximum Gasteiger partial charge on any atom is 0.0739 e. The average Bonchev–Trinajstić information content (AvgIpc) is 2.77. The SMILES string of the molecule is Nc1c(Cl)cccc1NCCc1ccsc1. The second kappa shape index (κ2) is 5.23. The fourth-order valence-corrected chi connectivity index (χ4v) is 2.35. The van der Waals surface area contributed by atoms with E-state index in [-0.39, 0.29) is 0 Å². The molecule has 2 rings (SSSR count). The highest BCUT2D eigenvalue weighted by Crippen LogP contribution is 2.26. The van der Waals surface area contributed by atoms with Crippen LogP contribution in [0.25, 0.3) is 0 Å². The number of nitrogen functional groups attached to an aromatic ring is 1. The summed E-state index contributed by atoms with van der Waals surface area (Å²) in [5.41, 5.74) is 8.72. The number of benzene rings is 1. The second-order valence-corrected chi connectivity index (χ2v) is 4.70. The van der Waals surface area contributed by atoms with Crippen molar-refractivity contribution in [3.05, 3.63) is 45.6 Å². The van der Waals surface area contributed by atoms with Crippen LogP contribution in [-0.4, -0.2) is 6.54 Å². The summed E-state index contributed by atoms with van der Waals surface area (Å²) in [6.45, 7) is 0.862. The van der Waals surface area contributed by atoms with E-state index in [2.05, 4.69) is 22.1 Å². The minimum atomic E-state index is 0.598. The van der Waals surface area contributed by atoms with E-state index < -0.39 is 0 Å². The van der Waals surface area contributed by atoms with Crippen molar-refractivity contribution in [2.24, 2.45) is 0 Å². The largest absolute Gasteiger partial charge is 0.396 e. The van der Waals surface area contributed by atoms with E-state index in [1.165, 1.54) is 5.56 Å². The molecule has 0 saturated heterocycles. The van der Waals surface area contributed by atoms with Crippen molar-refractivity contribution in [1.29, 1.82) is 0 Å². The van der Waals surface area contributed by atoms with Crippen LogP contribution in [0.4, 0.5) is 11.4 Å². The Balaban J connectivity index is 1.92. The summed E-state index contributed by atoms with van der Waals surface area (Å²) in [5, 5.41) is 8.13. The molecule has 0 bridgehead atoms. The number of nitrogens with one attached hydrogen (secondary N) is 1. The van der Waals surface area contributed by atoms with Gasteiger partial charge in [0.2, 0.25) is 0 Å². The normalized spacial score (nSPS) is 10.3. The number of anilines is 2. The Labute approximate surface area is 104 Å². The molecule has 1 aromatic heterocycles. The van der Waals surface area contributed by atoms with Crippen molar-refractivity contribution in [1.82, 2.24) is 0 Å². The lowest BCUT2D eigenvalue weighted by Gasteiger charge is -2.09. The standard InChI is InChI=1S/C12H13ClN2S/c13-10-2-1-3-11(12(10)14)15-6-4-9-5-7-16-8-9/h1-3,5,7-8,15H,4,6,14H2. The highest BCUT2D eigenvalue weighted by Gasteiger charge is 2.01. The minimum absolute atomic E-state index is 0.598. The van der Waals surface area contributed by atoms with Crippen molar-refractivity contribution in [2.45, 2.75) is 6.42 Å². The first kappa shape index (κ1) is 11.3. The Kier molecular flexibility index (Phi) is 3.70.